The molecule has 1 saturated carbocycles. The van der Waals surface area contributed by atoms with E-state index in [2.05, 4.69) is 31.2 Å². The van der Waals surface area contributed by atoms with Crippen molar-refractivity contribution in [1.29, 1.82) is 0 Å². The first-order valence-corrected chi connectivity index (χ1v) is 16.2. The van der Waals surface area contributed by atoms with E-state index in [1.165, 1.54) is 4.57 Å². The van der Waals surface area contributed by atoms with Gasteiger partial charge in [0.05, 0.1) is 47.3 Å². The van der Waals surface area contributed by atoms with Crippen molar-refractivity contribution in [2.45, 2.75) is 51.5 Å². The van der Waals surface area contributed by atoms with E-state index in [0.29, 0.717) is 32.2 Å². The number of hydrogen-bond donors (Lipinski definition) is 2. The molecule has 2 aliphatic rings. The molecule has 3 heterocycles. The van der Waals surface area contributed by atoms with Gasteiger partial charge in [0.1, 0.15) is 11.4 Å². The highest BCUT2D eigenvalue weighted by atomic mass is 79.9. The van der Waals surface area contributed by atoms with Crippen molar-refractivity contribution in [2.24, 2.45) is 0 Å². The number of aromatic amines is 1. The van der Waals surface area contributed by atoms with Gasteiger partial charge in [0.2, 0.25) is 0 Å². The summed E-state index contributed by atoms with van der Waals surface area (Å²) in [4.78, 5) is 50.9. The Morgan fingerprint density at radius 3 is 2.61 bits per heavy atom. The maximum absolute atomic E-state index is 14.2. The molecule has 1 atom stereocenters. The lowest BCUT2D eigenvalue weighted by molar-refractivity contribution is 0.0610. The molecule has 2 N–H and O–H groups in total. The van der Waals surface area contributed by atoms with Crippen LogP contribution < -0.4 is 15.7 Å². The van der Waals surface area contributed by atoms with E-state index in [1.54, 1.807) is 52.3 Å². The van der Waals surface area contributed by atoms with Gasteiger partial charge in [-0.1, -0.05) is 35.9 Å². The molecule has 1 fully saturated rings. The SMILES string of the molecule is CC1Cn2c(c(C(=O)NCc3ccccc3-c3cnc[nH]3)n(-c3ccc(OC4CC4)cc3)c2=O)CN1C(=O)c1ccc(Br)c(Cl)c1. The fourth-order valence-electron chi connectivity index (χ4n) is 5.81. The van der Waals surface area contributed by atoms with Crippen molar-refractivity contribution < 1.29 is 14.3 Å². The van der Waals surface area contributed by atoms with Crippen molar-refractivity contribution in [1.82, 2.24) is 29.3 Å². The number of nitrogens with zero attached hydrogens (tertiary/aromatic N) is 4. The highest BCUT2D eigenvalue weighted by Gasteiger charge is 2.35. The van der Waals surface area contributed by atoms with E-state index >= 15 is 0 Å². The quantitative estimate of drug-likeness (QED) is 0.207. The highest BCUT2D eigenvalue weighted by molar-refractivity contribution is 9.10. The van der Waals surface area contributed by atoms with E-state index < -0.39 is 5.91 Å². The topological polar surface area (TPSA) is 114 Å². The van der Waals surface area contributed by atoms with Crippen LogP contribution in [0.15, 0.2) is 88.5 Å². The number of H-pyrrole nitrogens is 1. The number of amides is 2. The number of hydrogen-bond acceptors (Lipinski definition) is 5. The summed E-state index contributed by atoms with van der Waals surface area (Å²) in [6.45, 7) is 2.38. The van der Waals surface area contributed by atoms with E-state index in [1.807, 2.05) is 43.3 Å². The molecular formula is C34H30BrClN6O4. The fourth-order valence-corrected chi connectivity index (χ4v) is 6.24. The van der Waals surface area contributed by atoms with Crippen LogP contribution in [-0.4, -0.2) is 48.0 Å². The van der Waals surface area contributed by atoms with Crippen molar-refractivity contribution in [2.75, 3.05) is 0 Å². The average Bonchev–Trinajstić information content (AvgIpc) is 3.61. The predicted molar refractivity (Wildman–Crippen MR) is 177 cm³/mol. The Bertz CT molecular complexity index is 2000. The summed E-state index contributed by atoms with van der Waals surface area (Å²) in [7, 11) is 0. The van der Waals surface area contributed by atoms with Gasteiger partial charge < -0.3 is 19.9 Å². The number of benzene rings is 3. The Morgan fingerprint density at radius 2 is 1.89 bits per heavy atom. The van der Waals surface area contributed by atoms with Crippen LogP contribution in [0, 0.1) is 0 Å². The minimum absolute atomic E-state index is 0.0618. The Kier molecular flexibility index (Phi) is 8.04. The van der Waals surface area contributed by atoms with Crippen molar-refractivity contribution in [3.8, 4) is 22.7 Å². The van der Waals surface area contributed by atoms with E-state index in [4.69, 9.17) is 16.3 Å². The van der Waals surface area contributed by atoms with Crippen LogP contribution in [0.4, 0.5) is 0 Å². The van der Waals surface area contributed by atoms with E-state index in [-0.39, 0.29) is 49.1 Å². The smallest absolute Gasteiger partial charge is 0.333 e. The lowest BCUT2D eigenvalue weighted by atomic mass is 10.0. The first-order chi connectivity index (χ1) is 22.3. The maximum Gasteiger partial charge on any atom is 0.333 e. The van der Waals surface area contributed by atoms with Gasteiger partial charge in [-0.05, 0) is 83.7 Å². The van der Waals surface area contributed by atoms with E-state index in [0.717, 1.165) is 29.7 Å². The molecule has 12 heteroatoms. The van der Waals surface area contributed by atoms with Crippen LogP contribution >= 0.6 is 27.5 Å². The molecule has 2 aromatic heterocycles. The summed E-state index contributed by atoms with van der Waals surface area (Å²) < 4.78 is 9.63. The monoisotopic (exact) mass is 700 g/mol. The molecular weight excluding hydrogens is 672 g/mol. The minimum Gasteiger partial charge on any atom is -0.490 e. The lowest BCUT2D eigenvalue weighted by Crippen LogP contribution is -2.47. The van der Waals surface area contributed by atoms with Gasteiger partial charge in [-0.15, -0.1) is 0 Å². The Labute approximate surface area is 278 Å². The molecule has 1 aliphatic heterocycles. The second-order valence-electron chi connectivity index (χ2n) is 11.6. The number of carbonyl (C=O) groups excluding carboxylic acids is 2. The zero-order chi connectivity index (χ0) is 31.9. The molecule has 1 unspecified atom stereocenters. The predicted octanol–water partition coefficient (Wildman–Crippen LogP) is 5.96. The van der Waals surface area contributed by atoms with Crippen LogP contribution in [0.5, 0.6) is 5.75 Å². The molecule has 0 spiro atoms. The summed E-state index contributed by atoms with van der Waals surface area (Å²) in [5, 5.41) is 3.46. The van der Waals surface area contributed by atoms with Gasteiger partial charge in [0.15, 0.2) is 0 Å². The van der Waals surface area contributed by atoms with Crippen LogP contribution in [-0.2, 0) is 19.6 Å². The van der Waals surface area contributed by atoms with Gasteiger partial charge in [-0.25, -0.2) is 9.78 Å². The molecule has 2 amide bonds. The third-order valence-corrected chi connectivity index (χ3v) is 9.59. The number of ether oxygens (including phenoxy) is 1. The summed E-state index contributed by atoms with van der Waals surface area (Å²) >= 11 is 9.69. The number of rotatable bonds is 8. The number of carbonyl (C=O) groups is 2. The first-order valence-electron chi connectivity index (χ1n) is 15.0. The standard InChI is InChI=1S/C34H30BrClN6O4/c1-20-17-41-30(18-40(20)33(44)21-6-13-27(35)28(36)14-21)31(42(34(41)45)23-7-9-24(10-8-23)46-25-11-12-25)32(43)38-15-22-4-2-3-5-26(22)29-16-37-19-39-29/h2-10,13-14,16,19-20,25H,11-12,15,17-18H2,1H3,(H,37,39)(H,38,43). The third kappa shape index (κ3) is 5.76. The lowest BCUT2D eigenvalue weighted by Gasteiger charge is -2.34. The molecule has 46 heavy (non-hydrogen) atoms. The van der Waals surface area contributed by atoms with Gasteiger partial charge in [-0.3, -0.25) is 18.7 Å². The van der Waals surface area contributed by atoms with Crippen molar-refractivity contribution in [3.63, 3.8) is 0 Å². The van der Waals surface area contributed by atoms with Gasteiger partial charge in [-0.2, -0.15) is 0 Å². The van der Waals surface area contributed by atoms with Crippen LogP contribution in [0.25, 0.3) is 16.9 Å². The Morgan fingerprint density at radius 1 is 1.11 bits per heavy atom. The number of imidazole rings is 2. The number of aromatic nitrogens is 4. The summed E-state index contributed by atoms with van der Waals surface area (Å²) in [6.07, 6.45) is 5.62. The third-order valence-electron chi connectivity index (χ3n) is 8.35. The van der Waals surface area contributed by atoms with E-state index in [9.17, 15) is 14.4 Å². The van der Waals surface area contributed by atoms with Gasteiger partial charge in [0.25, 0.3) is 11.8 Å². The zero-order valence-electron chi connectivity index (χ0n) is 24.9. The molecule has 234 valence electrons. The molecule has 0 bridgehead atoms. The molecule has 1 aliphatic carbocycles. The second-order valence-corrected chi connectivity index (χ2v) is 12.8. The molecule has 3 aromatic carbocycles. The Hall–Kier alpha value is -4.61. The minimum atomic E-state index is -0.433. The van der Waals surface area contributed by atoms with Gasteiger partial charge >= 0.3 is 5.69 Å². The summed E-state index contributed by atoms with van der Waals surface area (Å²) in [5.74, 6) is 0.0372. The first kappa shape index (κ1) is 30.1. The van der Waals surface area contributed by atoms with Crippen LogP contribution in [0.1, 0.15) is 51.9 Å². The maximum atomic E-state index is 14.2. The molecule has 5 aromatic rings. The summed E-state index contributed by atoms with van der Waals surface area (Å²) in [5.41, 5.74) is 3.84. The fraction of sp³-hybridized carbons (Fsp3) is 0.235. The molecule has 7 rings (SSSR count). The second kappa shape index (κ2) is 12.3. The van der Waals surface area contributed by atoms with Crippen LogP contribution in [0.2, 0.25) is 5.02 Å². The van der Waals surface area contributed by atoms with Crippen LogP contribution in [0.3, 0.4) is 0 Å². The largest absolute Gasteiger partial charge is 0.490 e. The van der Waals surface area contributed by atoms with Crippen molar-refractivity contribution >= 4 is 39.3 Å². The number of nitrogens with one attached hydrogen (secondary N) is 2. The highest BCUT2D eigenvalue weighted by Crippen LogP contribution is 2.30. The van der Waals surface area contributed by atoms with Gasteiger partial charge in [0, 0.05) is 34.7 Å². The number of halogens is 2. The summed E-state index contributed by atoms with van der Waals surface area (Å²) in [6, 6.07) is 19.6. The van der Waals surface area contributed by atoms with Crippen molar-refractivity contribution in [3.05, 3.63) is 122 Å². The Balaban J connectivity index is 1.26. The normalized spacial score (nSPS) is 15.8. The number of fused-ring (bicyclic) bond motifs is 1. The molecule has 10 nitrogen and oxygen atoms in total. The average molecular weight is 702 g/mol. The zero-order valence-corrected chi connectivity index (χ0v) is 27.2. The molecule has 0 saturated heterocycles. The molecule has 0 radical (unpaired) electrons.